The zero-order valence-corrected chi connectivity index (χ0v) is 10.4. The maximum absolute atomic E-state index is 6.05. The van der Waals surface area contributed by atoms with Crippen molar-refractivity contribution in [2.45, 2.75) is 44.2 Å². The first-order valence-corrected chi connectivity index (χ1v) is 6.55. The summed E-state index contributed by atoms with van der Waals surface area (Å²) >= 11 is 1.66. The molecule has 0 amide bonds. The van der Waals surface area contributed by atoms with Crippen LogP contribution in [0.3, 0.4) is 0 Å². The largest absolute Gasteiger partial charge is 0.392 e. The van der Waals surface area contributed by atoms with Crippen LogP contribution in [0.15, 0.2) is 22.7 Å². The molecular formula is C12H18N2OS. The van der Waals surface area contributed by atoms with Crippen LogP contribution in [0.25, 0.3) is 0 Å². The highest BCUT2D eigenvalue weighted by atomic mass is 32.1. The molecule has 0 spiro atoms. The third-order valence-electron chi connectivity index (χ3n) is 3.01. The van der Waals surface area contributed by atoms with E-state index in [9.17, 15) is 0 Å². The van der Waals surface area contributed by atoms with Crippen LogP contribution in [-0.4, -0.2) is 17.9 Å². The van der Waals surface area contributed by atoms with E-state index in [1.165, 1.54) is 0 Å². The molecule has 1 aliphatic carbocycles. The minimum atomic E-state index is -0.00265. The molecule has 0 aliphatic heterocycles. The molecule has 0 bridgehead atoms. The molecule has 2 N–H and O–H groups in total. The van der Waals surface area contributed by atoms with Crippen molar-refractivity contribution in [1.82, 2.24) is 0 Å². The molecule has 3 nitrogen and oxygen atoms in total. The molecule has 0 saturated heterocycles. The van der Waals surface area contributed by atoms with Crippen LogP contribution in [0.1, 0.15) is 37.5 Å². The fourth-order valence-corrected chi connectivity index (χ4v) is 2.46. The molecule has 1 heterocycles. The second-order valence-corrected chi connectivity index (χ2v) is 5.69. The first kappa shape index (κ1) is 11.6. The van der Waals surface area contributed by atoms with Gasteiger partial charge in [0.25, 0.3) is 0 Å². The van der Waals surface area contributed by atoms with Gasteiger partial charge in [-0.15, -0.1) is 11.3 Å². The number of hydrogen-bond donors (Lipinski definition) is 1. The van der Waals surface area contributed by atoms with Crippen LogP contribution in [0.5, 0.6) is 0 Å². The van der Waals surface area contributed by atoms with Gasteiger partial charge in [0.15, 0.2) is 0 Å². The van der Waals surface area contributed by atoms with Gasteiger partial charge in [-0.1, -0.05) is 11.2 Å². The van der Waals surface area contributed by atoms with E-state index in [0.29, 0.717) is 0 Å². The molecule has 16 heavy (non-hydrogen) atoms. The van der Waals surface area contributed by atoms with E-state index in [2.05, 4.69) is 12.1 Å². The van der Waals surface area contributed by atoms with Crippen LogP contribution in [0, 0.1) is 0 Å². The van der Waals surface area contributed by atoms with Crippen molar-refractivity contribution < 1.29 is 4.84 Å². The van der Waals surface area contributed by atoms with Gasteiger partial charge in [-0.25, -0.2) is 0 Å². The number of oxime groups is 1. The zero-order valence-electron chi connectivity index (χ0n) is 9.56. The zero-order chi connectivity index (χ0) is 11.4. The summed E-state index contributed by atoms with van der Waals surface area (Å²) in [5.41, 5.74) is 6.05. The lowest BCUT2D eigenvalue weighted by Crippen LogP contribution is -2.41. The lowest BCUT2D eigenvalue weighted by molar-refractivity contribution is 0.0203. The van der Waals surface area contributed by atoms with Crippen molar-refractivity contribution in [2.75, 3.05) is 0 Å². The lowest BCUT2D eigenvalue weighted by atomic mass is 9.83. The van der Waals surface area contributed by atoms with Crippen LogP contribution < -0.4 is 5.73 Å². The molecule has 1 saturated carbocycles. The van der Waals surface area contributed by atoms with Gasteiger partial charge in [0, 0.05) is 10.4 Å². The topological polar surface area (TPSA) is 47.6 Å². The van der Waals surface area contributed by atoms with Crippen molar-refractivity contribution in [3.63, 3.8) is 0 Å². The van der Waals surface area contributed by atoms with Crippen molar-refractivity contribution in [1.29, 1.82) is 0 Å². The second-order valence-electron chi connectivity index (χ2n) is 4.71. The Bertz CT molecular complexity index is 336. The van der Waals surface area contributed by atoms with E-state index in [0.717, 1.165) is 30.6 Å². The standard InChI is InChI=1S/C12H18N2OS/c1-12(13)6-4-10(5-7-12)15-14-9-11-3-2-8-16-11/h2-3,8-10H,4-7,13H2,1H3/b14-9+. The van der Waals surface area contributed by atoms with E-state index in [-0.39, 0.29) is 11.6 Å². The fourth-order valence-electron chi connectivity index (χ4n) is 1.89. The maximum atomic E-state index is 6.05. The van der Waals surface area contributed by atoms with Crippen molar-refractivity contribution in [3.8, 4) is 0 Å². The lowest BCUT2D eigenvalue weighted by Gasteiger charge is -2.32. The number of nitrogens with zero attached hydrogens (tertiary/aromatic N) is 1. The van der Waals surface area contributed by atoms with Gasteiger partial charge in [0.1, 0.15) is 6.10 Å². The first-order chi connectivity index (χ1) is 7.66. The number of nitrogens with two attached hydrogens (primary N) is 1. The molecule has 0 unspecified atom stereocenters. The van der Waals surface area contributed by atoms with Crippen molar-refractivity contribution in [3.05, 3.63) is 22.4 Å². The monoisotopic (exact) mass is 238 g/mol. The Labute approximate surface area is 100 Å². The van der Waals surface area contributed by atoms with E-state index < -0.39 is 0 Å². The van der Waals surface area contributed by atoms with Crippen LogP contribution in [0.4, 0.5) is 0 Å². The van der Waals surface area contributed by atoms with Gasteiger partial charge in [0.05, 0.1) is 6.21 Å². The Morgan fingerprint density at radius 1 is 1.56 bits per heavy atom. The third kappa shape index (κ3) is 3.32. The predicted octanol–water partition coefficient (Wildman–Crippen LogP) is 2.76. The predicted molar refractivity (Wildman–Crippen MR) is 67.8 cm³/mol. The molecule has 4 heteroatoms. The van der Waals surface area contributed by atoms with E-state index in [1.807, 2.05) is 17.5 Å². The Balaban J connectivity index is 1.75. The molecule has 0 radical (unpaired) electrons. The average molecular weight is 238 g/mol. The quantitative estimate of drug-likeness (QED) is 0.650. The average Bonchev–Trinajstić information content (AvgIpc) is 2.73. The molecule has 88 valence electrons. The fraction of sp³-hybridized carbons (Fsp3) is 0.583. The van der Waals surface area contributed by atoms with Gasteiger partial charge >= 0.3 is 0 Å². The first-order valence-electron chi connectivity index (χ1n) is 5.67. The molecule has 0 aromatic carbocycles. The summed E-state index contributed by atoms with van der Waals surface area (Å²) < 4.78 is 0. The summed E-state index contributed by atoms with van der Waals surface area (Å²) in [6, 6.07) is 4.03. The van der Waals surface area contributed by atoms with E-state index >= 15 is 0 Å². The summed E-state index contributed by atoms with van der Waals surface area (Å²) in [6.45, 7) is 2.11. The molecular weight excluding hydrogens is 220 g/mol. The van der Waals surface area contributed by atoms with E-state index in [4.69, 9.17) is 10.6 Å². The Hall–Kier alpha value is -0.870. The van der Waals surface area contributed by atoms with Crippen LogP contribution in [-0.2, 0) is 4.84 Å². The minimum absolute atomic E-state index is 0.00265. The van der Waals surface area contributed by atoms with Gasteiger partial charge in [-0.3, -0.25) is 0 Å². The minimum Gasteiger partial charge on any atom is -0.392 e. The molecule has 1 aromatic heterocycles. The van der Waals surface area contributed by atoms with Gasteiger partial charge in [-0.05, 0) is 44.1 Å². The SMILES string of the molecule is CC1(N)CCC(O/N=C/c2cccs2)CC1. The Morgan fingerprint density at radius 2 is 2.31 bits per heavy atom. The summed E-state index contributed by atoms with van der Waals surface area (Å²) in [5.74, 6) is 0. The molecule has 1 fully saturated rings. The molecule has 0 atom stereocenters. The number of thiophene rings is 1. The number of rotatable bonds is 3. The highest BCUT2D eigenvalue weighted by Crippen LogP contribution is 2.27. The van der Waals surface area contributed by atoms with Crippen molar-refractivity contribution in [2.24, 2.45) is 10.9 Å². The molecule has 1 aromatic rings. The summed E-state index contributed by atoms with van der Waals surface area (Å²) in [4.78, 5) is 6.59. The van der Waals surface area contributed by atoms with Gasteiger partial charge in [0.2, 0.25) is 0 Å². The Kier molecular flexibility index (Phi) is 3.61. The molecule has 1 aliphatic rings. The van der Waals surface area contributed by atoms with Gasteiger partial charge in [-0.2, -0.15) is 0 Å². The second kappa shape index (κ2) is 4.97. The normalized spacial score (nSPS) is 30.8. The van der Waals surface area contributed by atoms with E-state index in [1.54, 1.807) is 17.6 Å². The summed E-state index contributed by atoms with van der Waals surface area (Å²) in [6.07, 6.45) is 6.08. The van der Waals surface area contributed by atoms with Crippen LogP contribution in [0.2, 0.25) is 0 Å². The van der Waals surface area contributed by atoms with Gasteiger partial charge < -0.3 is 10.6 Å². The summed E-state index contributed by atoms with van der Waals surface area (Å²) in [5, 5.41) is 6.06. The highest BCUT2D eigenvalue weighted by Gasteiger charge is 2.28. The smallest absolute Gasteiger partial charge is 0.127 e. The Morgan fingerprint density at radius 3 is 2.94 bits per heavy atom. The number of hydrogen-bond acceptors (Lipinski definition) is 4. The highest BCUT2D eigenvalue weighted by molar-refractivity contribution is 7.11. The van der Waals surface area contributed by atoms with Crippen molar-refractivity contribution >= 4 is 17.6 Å². The van der Waals surface area contributed by atoms with Crippen LogP contribution >= 0.6 is 11.3 Å². The third-order valence-corrected chi connectivity index (χ3v) is 3.81. The molecule has 2 rings (SSSR count). The summed E-state index contributed by atoms with van der Waals surface area (Å²) in [7, 11) is 0. The maximum Gasteiger partial charge on any atom is 0.127 e.